The molecule has 2 heterocycles. The Bertz CT molecular complexity index is 713. The third-order valence-corrected chi connectivity index (χ3v) is 4.23. The maximum atomic E-state index is 12.3. The summed E-state index contributed by atoms with van der Waals surface area (Å²) in [5, 5.41) is 6.78. The molecule has 1 aliphatic heterocycles. The zero-order chi connectivity index (χ0) is 16.9. The molecule has 5 nitrogen and oxygen atoms in total. The Labute approximate surface area is 146 Å². The second-order valence-corrected chi connectivity index (χ2v) is 6.30. The van der Waals surface area contributed by atoms with Crippen molar-refractivity contribution in [3.05, 3.63) is 52.8 Å². The van der Waals surface area contributed by atoms with E-state index in [1.165, 1.54) is 0 Å². The van der Waals surface area contributed by atoms with Gasteiger partial charge in [-0.25, -0.2) is 4.98 Å². The molecule has 1 amide bonds. The number of anilines is 2. The summed E-state index contributed by atoms with van der Waals surface area (Å²) in [6, 6.07) is 8.90. The monoisotopic (exact) mass is 345 g/mol. The van der Waals surface area contributed by atoms with Crippen LogP contribution in [0.1, 0.15) is 28.9 Å². The molecule has 24 heavy (non-hydrogen) atoms. The van der Waals surface area contributed by atoms with Crippen LogP contribution in [-0.2, 0) is 4.74 Å². The van der Waals surface area contributed by atoms with Crippen molar-refractivity contribution in [3.8, 4) is 0 Å². The van der Waals surface area contributed by atoms with Crippen molar-refractivity contribution in [1.82, 2.24) is 4.98 Å². The Morgan fingerprint density at radius 3 is 2.92 bits per heavy atom. The summed E-state index contributed by atoms with van der Waals surface area (Å²) >= 11 is 5.92. The van der Waals surface area contributed by atoms with Gasteiger partial charge < -0.3 is 15.4 Å². The number of pyridine rings is 1. The number of hydrogen-bond donors (Lipinski definition) is 2. The first-order valence-corrected chi connectivity index (χ1v) is 8.38. The molecule has 0 radical (unpaired) electrons. The van der Waals surface area contributed by atoms with Crippen molar-refractivity contribution < 1.29 is 9.53 Å². The van der Waals surface area contributed by atoms with E-state index < -0.39 is 0 Å². The molecule has 1 atom stereocenters. The van der Waals surface area contributed by atoms with Crippen LogP contribution in [-0.4, -0.2) is 30.1 Å². The predicted octanol–water partition coefficient (Wildman–Crippen LogP) is 3.89. The number of benzene rings is 1. The summed E-state index contributed by atoms with van der Waals surface area (Å²) in [7, 11) is 0. The number of nitrogens with one attached hydrogen (secondary N) is 2. The van der Waals surface area contributed by atoms with Gasteiger partial charge in [-0.05, 0) is 55.7 Å². The first-order valence-electron chi connectivity index (χ1n) is 8.01. The topological polar surface area (TPSA) is 63.2 Å². The van der Waals surface area contributed by atoms with Gasteiger partial charge in [-0.15, -0.1) is 0 Å². The van der Waals surface area contributed by atoms with Crippen LogP contribution in [0.15, 0.2) is 36.5 Å². The molecule has 1 unspecified atom stereocenters. The van der Waals surface area contributed by atoms with E-state index >= 15 is 0 Å². The quantitative estimate of drug-likeness (QED) is 0.863. The average molecular weight is 346 g/mol. The number of ether oxygens (including phenoxy) is 1. The lowest BCUT2D eigenvalue weighted by Crippen LogP contribution is -2.19. The first kappa shape index (κ1) is 16.7. The van der Waals surface area contributed by atoms with Crippen LogP contribution in [0.25, 0.3) is 0 Å². The zero-order valence-electron chi connectivity index (χ0n) is 13.5. The number of rotatable bonds is 5. The van der Waals surface area contributed by atoms with Crippen LogP contribution >= 0.6 is 11.6 Å². The summed E-state index contributed by atoms with van der Waals surface area (Å²) in [6.07, 6.45) is 4.13. The van der Waals surface area contributed by atoms with Crippen LogP contribution in [0, 0.1) is 6.92 Å². The fourth-order valence-electron chi connectivity index (χ4n) is 2.62. The van der Waals surface area contributed by atoms with Gasteiger partial charge in [-0.2, -0.15) is 0 Å². The highest BCUT2D eigenvalue weighted by molar-refractivity contribution is 6.30. The van der Waals surface area contributed by atoms with Gasteiger partial charge in [-0.3, -0.25) is 4.79 Å². The Kier molecular flexibility index (Phi) is 5.33. The molecule has 1 aromatic carbocycles. The molecule has 1 aromatic heterocycles. The van der Waals surface area contributed by atoms with Crippen molar-refractivity contribution in [1.29, 1.82) is 0 Å². The minimum Gasteiger partial charge on any atom is -0.381 e. The number of aromatic nitrogens is 1. The average Bonchev–Trinajstić information content (AvgIpc) is 3.09. The van der Waals surface area contributed by atoms with Gasteiger partial charge >= 0.3 is 0 Å². The lowest BCUT2D eigenvalue weighted by atomic mass is 10.2. The lowest BCUT2D eigenvalue weighted by molar-refractivity contribution is 0.102. The second kappa shape index (κ2) is 7.64. The summed E-state index contributed by atoms with van der Waals surface area (Å²) in [6.45, 7) is 3.50. The van der Waals surface area contributed by atoms with Gasteiger partial charge in [0, 0.05) is 23.9 Å². The number of nitrogens with zero attached hydrogens (tertiary/aromatic N) is 1. The third kappa shape index (κ3) is 4.24. The molecule has 126 valence electrons. The molecule has 2 N–H and O–H groups in total. The number of halogens is 1. The second-order valence-electron chi connectivity index (χ2n) is 5.86. The molecule has 2 aromatic rings. The Morgan fingerprint density at radius 1 is 1.38 bits per heavy atom. The molecule has 0 aliphatic carbocycles. The predicted molar refractivity (Wildman–Crippen MR) is 95.8 cm³/mol. The highest BCUT2D eigenvalue weighted by Gasteiger charge is 2.15. The smallest absolute Gasteiger partial charge is 0.274 e. The van der Waals surface area contributed by atoms with Crippen molar-refractivity contribution in [2.45, 2.75) is 25.9 Å². The minimum atomic E-state index is -0.244. The lowest BCUT2D eigenvalue weighted by Gasteiger charge is -2.12. The molecule has 1 saturated heterocycles. The Hall–Kier alpha value is -2.11. The largest absolute Gasteiger partial charge is 0.381 e. The molecule has 6 heteroatoms. The van der Waals surface area contributed by atoms with Crippen molar-refractivity contribution >= 4 is 28.9 Å². The molecule has 0 saturated carbocycles. The number of carbonyl (C=O) groups is 1. The molecule has 3 rings (SSSR count). The standard InChI is InChI=1S/C18H20ClN3O2/c1-12-9-13(19)4-6-16(12)22-18(23)17-7-5-14(10-21-17)20-11-15-3-2-8-24-15/h4-7,9-10,15,20H,2-3,8,11H2,1H3,(H,22,23). The van der Waals surface area contributed by atoms with E-state index in [-0.39, 0.29) is 12.0 Å². The van der Waals surface area contributed by atoms with E-state index in [0.717, 1.165) is 42.9 Å². The Balaban J connectivity index is 1.58. The normalized spacial score (nSPS) is 16.8. The van der Waals surface area contributed by atoms with Gasteiger partial charge in [0.05, 0.1) is 18.0 Å². The number of amides is 1. The SMILES string of the molecule is Cc1cc(Cl)ccc1NC(=O)c1ccc(NCC2CCCO2)cn1. The first-order chi connectivity index (χ1) is 11.6. The van der Waals surface area contributed by atoms with Crippen LogP contribution < -0.4 is 10.6 Å². The van der Waals surface area contributed by atoms with Crippen molar-refractivity contribution in [3.63, 3.8) is 0 Å². The molecule has 1 aliphatic rings. The summed E-state index contributed by atoms with van der Waals surface area (Å²) in [5.74, 6) is -0.244. The van der Waals surface area contributed by atoms with E-state index in [1.807, 2.05) is 19.1 Å². The van der Waals surface area contributed by atoms with E-state index in [1.54, 1.807) is 24.4 Å². The van der Waals surface area contributed by atoms with Gasteiger partial charge in [0.2, 0.25) is 0 Å². The van der Waals surface area contributed by atoms with Gasteiger partial charge in [0.25, 0.3) is 5.91 Å². The van der Waals surface area contributed by atoms with E-state index in [2.05, 4.69) is 15.6 Å². The molecule has 0 spiro atoms. The number of carbonyl (C=O) groups excluding carboxylic acids is 1. The van der Waals surface area contributed by atoms with Crippen LogP contribution in [0.2, 0.25) is 5.02 Å². The fraction of sp³-hybridized carbons (Fsp3) is 0.333. The summed E-state index contributed by atoms with van der Waals surface area (Å²) in [5.41, 5.74) is 2.88. The van der Waals surface area contributed by atoms with E-state index in [0.29, 0.717) is 10.7 Å². The third-order valence-electron chi connectivity index (χ3n) is 3.99. The highest BCUT2D eigenvalue weighted by atomic mass is 35.5. The van der Waals surface area contributed by atoms with Gasteiger partial charge in [-0.1, -0.05) is 11.6 Å². The number of aryl methyl sites for hydroxylation is 1. The zero-order valence-corrected chi connectivity index (χ0v) is 14.3. The summed E-state index contributed by atoms with van der Waals surface area (Å²) < 4.78 is 5.57. The minimum absolute atomic E-state index is 0.244. The molecule has 1 fully saturated rings. The fourth-order valence-corrected chi connectivity index (χ4v) is 2.85. The van der Waals surface area contributed by atoms with Crippen molar-refractivity contribution in [2.24, 2.45) is 0 Å². The van der Waals surface area contributed by atoms with E-state index in [4.69, 9.17) is 16.3 Å². The van der Waals surface area contributed by atoms with Crippen molar-refractivity contribution in [2.75, 3.05) is 23.8 Å². The maximum Gasteiger partial charge on any atom is 0.274 e. The Morgan fingerprint density at radius 2 is 2.25 bits per heavy atom. The van der Waals surface area contributed by atoms with Crippen LogP contribution in [0.4, 0.5) is 11.4 Å². The molecule has 0 bridgehead atoms. The van der Waals surface area contributed by atoms with Crippen LogP contribution in [0.3, 0.4) is 0 Å². The maximum absolute atomic E-state index is 12.3. The van der Waals surface area contributed by atoms with Gasteiger partial charge in [0.15, 0.2) is 0 Å². The highest BCUT2D eigenvalue weighted by Crippen LogP contribution is 2.20. The summed E-state index contributed by atoms with van der Waals surface area (Å²) in [4.78, 5) is 16.5. The van der Waals surface area contributed by atoms with Gasteiger partial charge in [0.1, 0.15) is 5.69 Å². The molecular formula is C18H20ClN3O2. The van der Waals surface area contributed by atoms with E-state index in [9.17, 15) is 4.79 Å². The molecular weight excluding hydrogens is 326 g/mol. The number of hydrogen-bond acceptors (Lipinski definition) is 4. The van der Waals surface area contributed by atoms with Crippen LogP contribution in [0.5, 0.6) is 0 Å².